The highest BCUT2D eigenvalue weighted by Gasteiger charge is 1.88. The van der Waals surface area contributed by atoms with Gasteiger partial charge in [-0.2, -0.15) is 5.10 Å². The van der Waals surface area contributed by atoms with Gasteiger partial charge in [-0.05, 0) is 13.0 Å². The first-order valence-electron chi connectivity index (χ1n) is 4.32. The number of carbonyl (C=O) groups is 1. The summed E-state index contributed by atoms with van der Waals surface area (Å²) in [7, 11) is 0. The lowest BCUT2D eigenvalue weighted by molar-refractivity contribution is -0.128. The molecule has 74 valence electrons. The highest BCUT2D eigenvalue weighted by atomic mass is 16.5. The molecule has 0 fully saturated rings. The molecular weight excluding hydrogens is 180 g/mol. The molecule has 0 aliphatic carbocycles. The molecule has 0 radical (unpaired) electrons. The Morgan fingerprint density at radius 1 is 1.50 bits per heavy atom. The summed E-state index contributed by atoms with van der Waals surface area (Å²) in [6.45, 7) is 2.66. The highest BCUT2D eigenvalue weighted by Crippen LogP contribution is 2.06. The van der Waals surface area contributed by atoms with E-state index in [4.69, 9.17) is 0 Å². The molecule has 1 heterocycles. The number of aromatic nitrogens is 2. The van der Waals surface area contributed by atoms with E-state index in [0.717, 1.165) is 10.9 Å². The van der Waals surface area contributed by atoms with Gasteiger partial charge in [0.15, 0.2) is 0 Å². The summed E-state index contributed by atoms with van der Waals surface area (Å²) in [5.74, 6) is 0. The van der Waals surface area contributed by atoms with Gasteiger partial charge in [0.2, 0.25) is 0 Å². The van der Waals surface area contributed by atoms with Crippen molar-refractivity contribution in [1.29, 1.82) is 0 Å². The summed E-state index contributed by atoms with van der Waals surface area (Å²) in [6.07, 6.45) is 1.81. The van der Waals surface area contributed by atoms with E-state index >= 15 is 0 Å². The van der Waals surface area contributed by atoms with Gasteiger partial charge >= 0.3 is 0 Å². The number of rotatable bonds is 2. The van der Waals surface area contributed by atoms with Gasteiger partial charge < -0.3 is 4.74 Å². The Labute approximate surface area is 81.9 Å². The number of nitrogens with one attached hydrogen (secondary N) is 1. The highest BCUT2D eigenvalue weighted by molar-refractivity contribution is 5.77. The molecule has 4 heteroatoms. The molecular formula is C10H12N2O2. The van der Waals surface area contributed by atoms with Crippen LogP contribution in [0.15, 0.2) is 30.5 Å². The number of hydrogen-bond acceptors (Lipinski definition) is 3. The van der Waals surface area contributed by atoms with Gasteiger partial charge in [-0.25, -0.2) is 0 Å². The van der Waals surface area contributed by atoms with Crippen molar-refractivity contribution < 1.29 is 9.53 Å². The van der Waals surface area contributed by atoms with Crippen LogP contribution in [0.1, 0.15) is 6.92 Å². The fourth-order valence-electron chi connectivity index (χ4n) is 0.951. The number of aromatic amines is 1. The minimum atomic E-state index is 0.431. The van der Waals surface area contributed by atoms with Gasteiger partial charge in [0, 0.05) is 5.39 Å². The average Bonchev–Trinajstić information content (AvgIpc) is 2.67. The second-order valence-corrected chi connectivity index (χ2v) is 2.51. The van der Waals surface area contributed by atoms with Crippen molar-refractivity contribution in [3.05, 3.63) is 30.5 Å². The summed E-state index contributed by atoms with van der Waals surface area (Å²) >= 11 is 0. The van der Waals surface area contributed by atoms with Crippen molar-refractivity contribution in [2.45, 2.75) is 6.92 Å². The zero-order chi connectivity index (χ0) is 10.2. The SMILES string of the molecule is CCOC=O.c1ccc2[nH]ncc2c1. The molecule has 4 nitrogen and oxygen atoms in total. The predicted octanol–water partition coefficient (Wildman–Crippen LogP) is 1.74. The number of benzene rings is 1. The molecule has 0 unspecified atom stereocenters. The zero-order valence-electron chi connectivity index (χ0n) is 7.93. The van der Waals surface area contributed by atoms with E-state index in [2.05, 4.69) is 14.9 Å². The quantitative estimate of drug-likeness (QED) is 0.737. The normalized spacial score (nSPS) is 8.93. The molecule has 0 amide bonds. The minimum absolute atomic E-state index is 0.431. The van der Waals surface area contributed by atoms with Gasteiger partial charge in [0.1, 0.15) is 0 Å². The van der Waals surface area contributed by atoms with Crippen molar-refractivity contribution in [2.24, 2.45) is 0 Å². The largest absolute Gasteiger partial charge is 0.468 e. The third kappa shape index (κ3) is 2.90. The fourth-order valence-corrected chi connectivity index (χ4v) is 0.951. The molecule has 0 saturated carbocycles. The maximum absolute atomic E-state index is 9.18. The summed E-state index contributed by atoms with van der Waals surface area (Å²) in [6, 6.07) is 8.01. The Morgan fingerprint density at radius 3 is 2.86 bits per heavy atom. The second kappa shape index (κ2) is 5.75. The molecule has 0 atom stereocenters. The Morgan fingerprint density at radius 2 is 2.29 bits per heavy atom. The first-order chi connectivity index (χ1) is 6.88. The molecule has 0 aliphatic heterocycles. The lowest BCUT2D eigenvalue weighted by atomic mass is 10.3. The lowest BCUT2D eigenvalue weighted by Gasteiger charge is -1.81. The van der Waals surface area contributed by atoms with Crippen LogP contribution in [0.5, 0.6) is 0 Å². The molecule has 1 aromatic heterocycles. The standard InChI is InChI=1S/C7H6N2.C3H6O2/c1-2-4-7-6(3-1)5-8-9-7;1-2-5-3-4/h1-5H,(H,8,9);3H,2H2,1H3. The fraction of sp³-hybridized carbons (Fsp3) is 0.200. The van der Waals surface area contributed by atoms with Crippen LogP contribution in [0.4, 0.5) is 0 Å². The Balaban J connectivity index is 0.000000171. The molecule has 0 bridgehead atoms. The van der Waals surface area contributed by atoms with Gasteiger partial charge in [0.25, 0.3) is 6.47 Å². The van der Waals surface area contributed by atoms with E-state index in [1.807, 2.05) is 30.5 Å². The minimum Gasteiger partial charge on any atom is -0.468 e. The van der Waals surface area contributed by atoms with Gasteiger partial charge in [-0.3, -0.25) is 9.89 Å². The van der Waals surface area contributed by atoms with Crippen molar-refractivity contribution >= 4 is 17.4 Å². The van der Waals surface area contributed by atoms with Crippen molar-refractivity contribution in [2.75, 3.05) is 6.61 Å². The molecule has 2 aromatic rings. The van der Waals surface area contributed by atoms with E-state index < -0.39 is 0 Å². The van der Waals surface area contributed by atoms with Gasteiger partial charge in [-0.1, -0.05) is 18.2 Å². The Hall–Kier alpha value is -1.84. The Kier molecular flexibility index (Phi) is 4.20. The average molecular weight is 192 g/mol. The number of carbonyl (C=O) groups excluding carboxylic acids is 1. The van der Waals surface area contributed by atoms with Gasteiger partial charge in [-0.15, -0.1) is 0 Å². The number of fused-ring (bicyclic) bond motifs is 1. The summed E-state index contributed by atoms with van der Waals surface area (Å²) < 4.78 is 4.15. The molecule has 1 aromatic carbocycles. The van der Waals surface area contributed by atoms with Crippen LogP contribution < -0.4 is 0 Å². The monoisotopic (exact) mass is 192 g/mol. The first-order valence-corrected chi connectivity index (χ1v) is 4.32. The number of para-hydroxylation sites is 1. The topological polar surface area (TPSA) is 55.0 Å². The molecule has 2 rings (SSSR count). The summed E-state index contributed by atoms with van der Waals surface area (Å²) in [5.41, 5.74) is 1.09. The van der Waals surface area contributed by atoms with Crippen LogP contribution in [-0.4, -0.2) is 23.3 Å². The van der Waals surface area contributed by atoms with Crippen LogP contribution in [0.3, 0.4) is 0 Å². The molecule has 1 N–H and O–H groups in total. The Bertz CT molecular complexity index is 354. The van der Waals surface area contributed by atoms with Crippen LogP contribution in [0, 0.1) is 0 Å². The van der Waals surface area contributed by atoms with E-state index in [0.29, 0.717) is 13.1 Å². The van der Waals surface area contributed by atoms with Crippen LogP contribution in [0.25, 0.3) is 10.9 Å². The number of hydrogen-bond donors (Lipinski definition) is 1. The van der Waals surface area contributed by atoms with Crippen LogP contribution >= 0.6 is 0 Å². The first kappa shape index (κ1) is 10.2. The van der Waals surface area contributed by atoms with Crippen molar-refractivity contribution in [1.82, 2.24) is 10.2 Å². The number of ether oxygens (including phenoxy) is 1. The van der Waals surface area contributed by atoms with Crippen LogP contribution in [0.2, 0.25) is 0 Å². The zero-order valence-corrected chi connectivity index (χ0v) is 7.93. The maximum atomic E-state index is 9.18. The number of nitrogens with zero attached hydrogens (tertiary/aromatic N) is 1. The molecule has 14 heavy (non-hydrogen) atoms. The van der Waals surface area contributed by atoms with Crippen molar-refractivity contribution in [3.63, 3.8) is 0 Å². The summed E-state index contributed by atoms with van der Waals surface area (Å²) in [5, 5.41) is 7.91. The summed E-state index contributed by atoms with van der Waals surface area (Å²) in [4.78, 5) is 9.18. The van der Waals surface area contributed by atoms with Crippen LogP contribution in [-0.2, 0) is 9.53 Å². The smallest absolute Gasteiger partial charge is 0.293 e. The molecule has 0 saturated heterocycles. The lowest BCUT2D eigenvalue weighted by Crippen LogP contribution is -1.80. The third-order valence-electron chi connectivity index (χ3n) is 1.58. The van der Waals surface area contributed by atoms with E-state index in [9.17, 15) is 4.79 Å². The van der Waals surface area contributed by atoms with E-state index in [-0.39, 0.29) is 0 Å². The predicted molar refractivity (Wildman–Crippen MR) is 53.8 cm³/mol. The molecule has 0 spiro atoms. The number of H-pyrrole nitrogens is 1. The molecule has 0 aliphatic rings. The van der Waals surface area contributed by atoms with Gasteiger partial charge in [0.05, 0.1) is 18.3 Å². The van der Waals surface area contributed by atoms with E-state index in [1.165, 1.54) is 0 Å². The van der Waals surface area contributed by atoms with Crippen molar-refractivity contribution in [3.8, 4) is 0 Å². The second-order valence-electron chi connectivity index (χ2n) is 2.51. The maximum Gasteiger partial charge on any atom is 0.293 e. The third-order valence-corrected chi connectivity index (χ3v) is 1.58. The van der Waals surface area contributed by atoms with E-state index in [1.54, 1.807) is 6.92 Å².